The first kappa shape index (κ1) is 13.3. The average molecular weight is 235 g/mol. The quantitative estimate of drug-likeness (QED) is 0.574. The van der Waals surface area contributed by atoms with E-state index in [4.69, 9.17) is 5.11 Å². The number of carbonyl (C=O) groups is 1. The lowest BCUT2D eigenvalue weighted by molar-refractivity contribution is -0.132. The highest BCUT2D eigenvalue weighted by molar-refractivity contribution is 5.86. The van der Waals surface area contributed by atoms with E-state index in [2.05, 4.69) is 15.3 Å². The van der Waals surface area contributed by atoms with E-state index >= 15 is 0 Å². The predicted molar refractivity (Wildman–Crippen MR) is 64.5 cm³/mol. The minimum atomic E-state index is -0.854. The van der Waals surface area contributed by atoms with Crippen LogP contribution in [0, 0.1) is 6.92 Å². The molecular weight excluding hydrogens is 218 g/mol. The lowest BCUT2D eigenvalue weighted by atomic mass is 10.2. The topological polar surface area (TPSA) is 75.1 Å². The fraction of sp³-hybridized carbons (Fsp3) is 0.417. The van der Waals surface area contributed by atoms with Crippen LogP contribution in [0.4, 0.5) is 0 Å². The van der Waals surface area contributed by atoms with Gasteiger partial charge in [0.1, 0.15) is 5.82 Å². The number of rotatable bonds is 6. The summed E-state index contributed by atoms with van der Waals surface area (Å²) in [6.45, 7) is 4.80. The van der Waals surface area contributed by atoms with Crippen molar-refractivity contribution in [3.63, 3.8) is 0 Å². The summed E-state index contributed by atoms with van der Waals surface area (Å²) in [5.41, 5.74) is 1.33. The Morgan fingerprint density at radius 2 is 2.35 bits per heavy atom. The van der Waals surface area contributed by atoms with Gasteiger partial charge >= 0.3 is 5.97 Å². The average Bonchev–Trinajstić information content (AvgIpc) is 2.28. The van der Waals surface area contributed by atoms with E-state index in [9.17, 15) is 4.79 Å². The first-order valence-electron chi connectivity index (χ1n) is 5.55. The molecule has 0 radical (unpaired) electrons. The number of carboxylic acid groups (broad SMARTS) is 1. The highest BCUT2D eigenvalue weighted by Crippen LogP contribution is 1.99. The van der Waals surface area contributed by atoms with Crippen LogP contribution in [0.1, 0.15) is 24.9 Å². The molecule has 5 nitrogen and oxygen atoms in total. The number of aromatic nitrogens is 2. The number of aryl methyl sites for hydroxylation is 1. The van der Waals surface area contributed by atoms with E-state index in [1.807, 2.05) is 19.9 Å². The Bertz CT molecular complexity index is 416. The van der Waals surface area contributed by atoms with Gasteiger partial charge in [-0.15, -0.1) is 0 Å². The summed E-state index contributed by atoms with van der Waals surface area (Å²) in [6.07, 6.45) is 3.93. The van der Waals surface area contributed by atoms with E-state index in [0.29, 0.717) is 25.1 Å². The smallest absolute Gasteiger partial charge is 0.331 e. The third-order valence-electron chi connectivity index (χ3n) is 2.29. The summed E-state index contributed by atoms with van der Waals surface area (Å²) in [5, 5.41) is 11.9. The molecule has 1 aromatic rings. The van der Waals surface area contributed by atoms with E-state index < -0.39 is 5.97 Å². The van der Waals surface area contributed by atoms with Crippen LogP contribution in [-0.2, 0) is 11.3 Å². The molecule has 1 rings (SSSR count). The van der Waals surface area contributed by atoms with Crippen molar-refractivity contribution < 1.29 is 9.90 Å². The van der Waals surface area contributed by atoms with Crippen LogP contribution in [0.3, 0.4) is 0 Å². The van der Waals surface area contributed by atoms with E-state index in [1.165, 1.54) is 0 Å². The summed E-state index contributed by atoms with van der Waals surface area (Å²) in [6, 6.07) is 1.83. The molecule has 0 aliphatic heterocycles. The third kappa shape index (κ3) is 4.74. The molecule has 5 heteroatoms. The molecule has 0 aromatic carbocycles. The van der Waals surface area contributed by atoms with Gasteiger partial charge in [0, 0.05) is 24.9 Å². The minimum absolute atomic E-state index is 0.427. The Kier molecular flexibility index (Phi) is 5.29. The number of nitrogens with one attached hydrogen (secondary N) is 1. The summed E-state index contributed by atoms with van der Waals surface area (Å²) in [4.78, 5) is 19.0. The van der Waals surface area contributed by atoms with E-state index in [-0.39, 0.29) is 0 Å². The molecule has 1 heterocycles. The molecule has 17 heavy (non-hydrogen) atoms. The van der Waals surface area contributed by atoms with Gasteiger partial charge in [0.15, 0.2) is 0 Å². The second kappa shape index (κ2) is 6.75. The summed E-state index contributed by atoms with van der Waals surface area (Å²) in [7, 11) is 0. The molecule has 1 aromatic heterocycles. The van der Waals surface area contributed by atoms with Gasteiger partial charge in [0.25, 0.3) is 0 Å². The monoisotopic (exact) mass is 235 g/mol. The Hall–Kier alpha value is -1.75. The van der Waals surface area contributed by atoms with Gasteiger partial charge < -0.3 is 10.4 Å². The van der Waals surface area contributed by atoms with Gasteiger partial charge in [-0.2, -0.15) is 0 Å². The van der Waals surface area contributed by atoms with Crippen LogP contribution >= 0.6 is 0 Å². The number of carboxylic acids is 1. The van der Waals surface area contributed by atoms with Gasteiger partial charge in [-0.05, 0) is 19.4 Å². The first-order chi connectivity index (χ1) is 8.13. The Morgan fingerprint density at radius 1 is 1.59 bits per heavy atom. The molecule has 0 spiro atoms. The van der Waals surface area contributed by atoms with Gasteiger partial charge in [0.05, 0.1) is 5.69 Å². The van der Waals surface area contributed by atoms with Crippen molar-refractivity contribution in [1.82, 2.24) is 15.3 Å². The zero-order chi connectivity index (χ0) is 12.7. The SMILES string of the molecule is CC/C(=C/CNCc1ccnc(C)n1)C(=O)O. The minimum Gasteiger partial charge on any atom is -0.478 e. The maximum atomic E-state index is 10.7. The molecular formula is C12H17N3O2. The van der Waals surface area contributed by atoms with E-state index in [0.717, 1.165) is 11.5 Å². The Balaban J connectivity index is 2.40. The highest BCUT2D eigenvalue weighted by atomic mass is 16.4. The van der Waals surface area contributed by atoms with Crippen LogP contribution in [0.2, 0.25) is 0 Å². The van der Waals surface area contributed by atoms with Gasteiger partial charge in [-0.25, -0.2) is 14.8 Å². The zero-order valence-corrected chi connectivity index (χ0v) is 10.1. The maximum Gasteiger partial charge on any atom is 0.331 e. The zero-order valence-electron chi connectivity index (χ0n) is 10.1. The number of hydrogen-bond acceptors (Lipinski definition) is 4. The van der Waals surface area contributed by atoms with Crippen LogP contribution in [0.5, 0.6) is 0 Å². The van der Waals surface area contributed by atoms with Gasteiger partial charge in [-0.3, -0.25) is 0 Å². The Labute approximate surface area is 101 Å². The summed E-state index contributed by atoms with van der Waals surface area (Å²) >= 11 is 0. The van der Waals surface area contributed by atoms with Crippen molar-refractivity contribution in [3.05, 3.63) is 35.4 Å². The molecule has 92 valence electrons. The van der Waals surface area contributed by atoms with Crippen molar-refractivity contribution in [2.24, 2.45) is 0 Å². The van der Waals surface area contributed by atoms with E-state index in [1.54, 1.807) is 12.3 Å². The third-order valence-corrected chi connectivity index (χ3v) is 2.29. The highest BCUT2D eigenvalue weighted by Gasteiger charge is 2.02. The van der Waals surface area contributed by atoms with Crippen molar-refractivity contribution in [1.29, 1.82) is 0 Å². The summed E-state index contributed by atoms with van der Waals surface area (Å²) < 4.78 is 0. The molecule has 0 saturated carbocycles. The van der Waals surface area contributed by atoms with Crippen LogP contribution in [0.25, 0.3) is 0 Å². The number of nitrogens with zero attached hydrogens (tertiary/aromatic N) is 2. The predicted octanol–water partition coefficient (Wildman–Crippen LogP) is 1.30. The standard InChI is InChI=1S/C12H17N3O2/c1-3-10(12(16)17)4-6-13-8-11-5-7-14-9(2)15-11/h4-5,7,13H,3,6,8H2,1-2H3,(H,16,17)/b10-4-. The van der Waals surface area contributed by atoms with Crippen LogP contribution in [0.15, 0.2) is 23.9 Å². The van der Waals surface area contributed by atoms with Gasteiger partial charge in [-0.1, -0.05) is 13.0 Å². The fourth-order valence-electron chi connectivity index (χ4n) is 1.38. The summed E-state index contributed by atoms with van der Waals surface area (Å²) in [5.74, 6) is -0.119. The van der Waals surface area contributed by atoms with Crippen molar-refractivity contribution in [2.75, 3.05) is 6.54 Å². The second-order valence-electron chi connectivity index (χ2n) is 3.61. The molecule has 0 bridgehead atoms. The molecule has 0 unspecified atom stereocenters. The maximum absolute atomic E-state index is 10.7. The lowest BCUT2D eigenvalue weighted by Gasteiger charge is -2.03. The normalized spacial score (nSPS) is 11.5. The molecule has 0 atom stereocenters. The molecule has 0 fully saturated rings. The fourth-order valence-corrected chi connectivity index (χ4v) is 1.38. The lowest BCUT2D eigenvalue weighted by Crippen LogP contribution is -2.15. The molecule has 0 saturated heterocycles. The molecule has 2 N–H and O–H groups in total. The largest absolute Gasteiger partial charge is 0.478 e. The second-order valence-corrected chi connectivity index (χ2v) is 3.61. The van der Waals surface area contributed by atoms with Crippen LogP contribution < -0.4 is 5.32 Å². The molecule has 0 aliphatic rings. The van der Waals surface area contributed by atoms with Crippen molar-refractivity contribution >= 4 is 5.97 Å². The first-order valence-corrected chi connectivity index (χ1v) is 5.55. The van der Waals surface area contributed by atoms with Crippen molar-refractivity contribution in [2.45, 2.75) is 26.8 Å². The number of aliphatic carboxylic acids is 1. The van der Waals surface area contributed by atoms with Crippen molar-refractivity contribution in [3.8, 4) is 0 Å². The van der Waals surface area contributed by atoms with Crippen LogP contribution in [-0.4, -0.2) is 27.6 Å². The Morgan fingerprint density at radius 3 is 2.94 bits per heavy atom. The van der Waals surface area contributed by atoms with Gasteiger partial charge in [0.2, 0.25) is 0 Å². The number of hydrogen-bond donors (Lipinski definition) is 2. The molecule has 0 aliphatic carbocycles. The molecule has 0 amide bonds.